The maximum Gasteiger partial charge on any atom is 0.242 e. The van der Waals surface area contributed by atoms with Gasteiger partial charge in [-0.2, -0.15) is 5.26 Å². The Bertz CT molecular complexity index is 1190. The zero-order valence-corrected chi connectivity index (χ0v) is 17.8. The fourth-order valence-electron chi connectivity index (χ4n) is 2.69. The van der Waals surface area contributed by atoms with Crippen LogP contribution in [-0.4, -0.2) is 37.6 Å². The number of carbonyl (C=O) groups is 1. The molecule has 3 rings (SSSR count). The lowest BCUT2D eigenvalue weighted by atomic mass is 9.99. The molecule has 0 fully saturated rings. The number of benzene rings is 2. The number of Topliss-reactive ketones (excluding diaryl/α,β-unsaturated/α-hetero) is 1. The summed E-state index contributed by atoms with van der Waals surface area (Å²) in [5, 5.41) is 11.8. The van der Waals surface area contributed by atoms with Crippen molar-refractivity contribution in [2.24, 2.45) is 0 Å². The number of nitriles is 1. The second-order valence-electron chi connectivity index (χ2n) is 6.68. The molecule has 0 spiro atoms. The van der Waals surface area contributed by atoms with Crippen molar-refractivity contribution in [3.05, 3.63) is 70.0 Å². The molecule has 1 atom stereocenters. The number of carbonyl (C=O) groups excluding carboxylic acids is 1. The van der Waals surface area contributed by atoms with Gasteiger partial charge in [0.1, 0.15) is 5.01 Å². The van der Waals surface area contributed by atoms with Crippen molar-refractivity contribution >= 4 is 27.1 Å². The standard InChI is InChI=1S/C21H19N3O3S2/c1-14-7-9-15(10-8-14)19-13-28-21(23-19)18(12-22)20(25)16-5-4-6-17(11-16)29(26,27)24(2)3/h4-11,13,18H,1-3H3/t18-/m0/s1. The maximum absolute atomic E-state index is 13.0. The highest BCUT2D eigenvalue weighted by Gasteiger charge is 2.27. The molecule has 148 valence electrons. The van der Waals surface area contributed by atoms with Crippen LogP contribution in [0.3, 0.4) is 0 Å². The number of ketones is 1. The fourth-order valence-corrected chi connectivity index (χ4v) is 4.51. The zero-order valence-electron chi connectivity index (χ0n) is 16.2. The number of thiazole rings is 1. The van der Waals surface area contributed by atoms with Gasteiger partial charge in [-0.05, 0) is 19.1 Å². The van der Waals surface area contributed by atoms with E-state index in [0.717, 1.165) is 15.4 Å². The summed E-state index contributed by atoms with van der Waals surface area (Å²) in [6, 6.07) is 15.6. The van der Waals surface area contributed by atoms with Gasteiger partial charge in [-0.15, -0.1) is 11.3 Å². The number of sulfonamides is 1. The number of hydrogen-bond acceptors (Lipinski definition) is 6. The van der Waals surface area contributed by atoms with Gasteiger partial charge in [0.2, 0.25) is 10.0 Å². The molecule has 0 unspecified atom stereocenters. The monoisotopic (exact) mass is 425 g/mol. The van der Waals surface area contributed by atoms with Crippen molar-refractivity contribution in [3.63, 3.8) is 0 Å². The number of rotatable bonds is 6. The molecule has 0 aliphatic rings. The molecule has 0 aliphatic heterocycles. The van der Waals surface area contributed by atoms with Crippen LogP contribution in [0.25, 0.3) is 11.3 Å². The quantitative estimate of drug-likeness (QED) is 0.559. The maximum atomic E-state index is 13.0. The highest BCUT2D eigenvalue weighted by Crippen LogP contribution is 2.29. The molecule has 0 radical (unpaired) electrons. The molecule has 0 saturated carbocycles. The lowest BCUT2D eigenvalue weighted by molar-refractivity contribution is 0.0978. The van der Waals surface area contributed by atoms with Gasteiger partial charge in [0, 0.05) is 30.6 Å². The van der Waals surface area contributed by atoms with Crippen LogP contribution in [0.2, 0.25) is 0 Å². The first-order valence-corrected chi connectivity index (χ1v) is 11.0. The van der Waals surface area contributed by atoms with E-state index in [0.29, 0.717) is 10.7 Å². The third-order valence-corrected chi connectivity index (χ3v) is 7.13. The van der Waals surface area contributed by atoms with Gasteiger partial charge in [0.25, 0.3) is 0 Å². The summed E-state index contributed by atoms with van der Waals surface area (Å²) in [5.74, 6) is -1.58. The van der Waals surface area contributed by atoms with Crippen molar-refractivity contribution in [1.82, 2.24) is 9.29 Å². The van der Waals surface area contributed by atoms with E-state index in [1.165, 1.54) is 49.7 Å². The second-order valence-corrected chi connectivity index (χ2v) is 9.72. The predicted molar refractivity (Wildman–Crippen MR) is 112 cm³/mol. The van der Waals surface area contributed by atoms with Crippen molar-refractivity contribution in [3.8, 4) is 17.3 Å². The van der Waals surface area contributed by atoms with Gasteiger partial charge in [0.15, 0.2) is 11.7 Å². The molecule has 1 aromatic heterocycles. The Balaban J connectivity index is 1.93. The molecule has 0 aliphatic carbocycles. The average Bonchev–Trinajstić information content (AvgIpc) is 3.18. The Hall–Kier alpha value is -2.86. The first-order valence-electron chi connectivity index (χ1n) is 8.73. The number of aromatic nitrogens is 1. The highest BCUT2D eigenvalue weighted by molar-refractivity contribution is 7.89. The molecule has 3 aromatic rings. The molecule has 2 aromatic carbocycles. The summed E-state index contributed by atoms with van der Waals surface area (Å²) in [6.07, 6.45) is 0. The van der Waals surface area contributed by atoms with E-state index in [9.17, 15) is 18.5 Å². The topological polar surface area (TPSA) is 91.1 Å². The molecule has 0 amide bonds. The number of aryl methyl sites for hydroxylation is 1. The Kier molecular flexibility index (Phi) is 5.94. The van der Waals surface area contributed by atoms with Crippen LogP contribution in [0.4, 0.5) is 0 Å². The molecule has 0 N–H and O–H groups in total. The van der Waals surface area contributed by atoms with Crippen LogP contribution in [0.15, 0.2) is 58.8 Å². The van der Waals surface area contributed by atoms with Gasteiger partial charge in [-0.25, -0.2) is 17.7 Å². The van der Waals surface area contributed by atoms with E-state index in [1.54, 1.807) is 0 Å². The van der Waals surface area contributed by atoms with E-state index < -0.39 is 21.7 Å². The highest BCUT2D eigenvalue weighted by atomic mass is 32.2. The normalized spacial score (nSPS) is 12.5. The summed E-state index contributed by atoms with van der Waals surface area (Å²) < 4.78 is 25.8. The van der Waals surface area contributed by atoms with Gasteiger partial charge in [0.05, 0.1) is 16.7 Å². The lowest BCUT2D eigenvalue weighted by Crippen LogP contribution is -2.22. The SMILES string of the molecule is Cc1ccc(-c2csc([C@@H](C#N)C(=O)c3cccc(S(=O)(=O)N(C)C)c3)n2)cc1. The first kappa shape index (κ1) is 20.9. The van der Waals surface area contributed by atoms with Gasteiger partial charge in [-0.1, -0.05) is 42.0 Å². The summed E-state index contributed by atoms with van der Waals surface area (Å²) in [4.78, 5) is 17.4. The second kappa shape index (κ2) is 8.25. The minimum Gasteiger partial charge on any atom is -0.292 e. The summed E-state index contributed by atoms with van der Waals surface area (Å²) in [7, 11) is -0.839. The van der Waals surface area contributed by atoms with Crippen molar-refractivity contribution < 1.29 is 13.2 Å². The van der Waals surface area contributed by atoms with E-state index in [4.69, 9.17) is 0 Å². The Morgan fingerprint density at radius 3 is 2.48 bits per heavy atom. The first-order chi connectivity index (χ1) is 13.7. The molecule has 0 bridgehead atoms. The summed E-state index contributed by atoms with van der Waals surface area (Å²) in [5.41, 5.74) is 2.89. The minimum absolute atomic E-state index is 0.00419. The Morgan fingerprint density at radius 2 is 1.86 bits per heavy atom. The van der Waals surface area contributed by atoms with Crippen LogP contribution in [-0.2, 0) is 10.0 Å². The van der Waals surface area contributed by atoms with Crippen LogP contribution in [0.1, 0.15) is 26.8 Å². The molecule has 29 heavy (non-hydrogen) atoms. The zero-order chi connectivity index (χ0) is 21.2. The Labute approximate surface area is 174 Å². The van der Waals surface area contributed by atoms with Gasteiger partial charge in [-0.3, -0.25) is 4.79 Å². The third kappa shape index (κ3) is 4.27. The van der Waals surface area contributed by atoms with Crippen LogP contribution in [0.5, 0.6) is 0 Å². The lowest BCUT2D eigenvalue weighted by Gasteiger charge is -2.12. The molecule has 0 saturated heterocycles. The number of nitrogens with zero attached hydrogens (tertiary/aromatic N) is 3. The molecule has 8 heteroatoms. The minimum atomic E-state index is -3.68. The van der Waals surface area contributed by atoms with Crippen LogP contribution in [0, 0.1) is 18.3 Å². The average molecular weight is 426 g/mol. The van der Waals surface area contributed by atoms with Gasteiger partial charge >= 0.3 is 0 Å². The smallest absolute Gasteiger partial charge is 0.242 e. The third-order valence-electron chi connectivity index (χ3n) is 4.40. The van der Waals surface area contributed by atoms with Crippen LogP contribution < -0.4 is 0 Å². The van der Waals surface area contributed by atoms with Crippen LogP contribution >= 0.6 is 11.3 Å². The summed E-state index contributed by atoms with van der Waals surface area (Å²) in [6.45, 7) is 1.99. The fraction of sp³-hybridized carbons (Fsp3) is 0.190. The van der Waals surface area contributed by atoms with Crippen molar-refractivity contribution in [1.29, 1.82) is 5.26 Å². The van der Waals surface area contributed by atoms with E-state index in [1.807, 2.05) is 42.6 Å². The number of hydrogen-bond donors (Lipinski definition) is 0. The Morgan fingerprint density at radius 1 is 1.17 bits per heavy atom. The molecular formula is C21H19N3O3S2. The van der Waals surface area contributed by atoms with Crippen molar-refractivity contribution in [2.45, 2.75) is 17.7 Å². The van der Waals surface area contributed by atoms with Crippen molar-refractivity contribution in [2.75, 3.05) is 14.1 Å². The van der Waals surface area contributed by atoms with Gasteiger partial charge < -0.3 is 0 Å². The van der Waals surface area contributed by atoms with E-state index in [2.05, 4.69) is 4.98 Å². The summed E-state index contributed by atoms with van der Waals surface area (Å²) >= 11 is 1.24. The van der Waals surface area contributed by atoms with E-state index >= 15 is 0 Å². The molecular weight excluding hydrogens is 406 g/mol. The predicted octanol–water partition coefficient (Wildman–Crippen LogP) is 3.86. The van der Waals surface area contributed by atoms with E-state index in [-0.39, 0.29) is 10.5 Å². The largest absolute Gasteiger partial charge is 0.292 e. The molecule has 1 heterocycles. The molecule has 6 nitrogen and oxygen atoms in total.